The van der Waals surface area contributed by atoms with Gasteiger partial charge in [0.2, 0.25) is 0 Å². The number of Topliss-reactive ketones (excluding diaryl/α,β-unsaturated/α-hetero) is 1. The number of esters is 1. The molecule has 0 aromatic heterocycles. The Morgan fingerprint density at radius 3 is 2.24 bits per heavy atom. The van der Waals surface area contributed by atoms with E-state index in [1.54, 1.807) is 33.5 Å². The summed E-state index contributed by atoms with van der Waals surface area (Å²) >= 11 is 0. The van der Waals surface area contributed by atoms with E-state index in [9.17, 15) is 9.59 Å². The molecule has 0 radical (unpaired) electrons. The Bertz CT molecular complexity index is 1020. The van der Waals surface area contributed by atoms with E-state index in [2.05, 4.69) is 19.2 Å². The number of methoxy groups -OCH3 is 3. The van der Waals surface area contributed by atoms with Gasteiger partial charge in [-0.05, 0) is 30.7 Å². The van der Waals surface area contributed by atoms with Crippen LogP contribution in [-0.4, -0.2) is 39.7 Å². The number of benzene rings is 1. The highest BCUT2D eigenvalue weighted by Crippen LogP contribution is 2.50. The lowest BCUT2D eigenvalue weighted by Crippen LogP contribution is -2.39. The summed E-state index contributed by atoms with van der Waals surface area (Å²) in [5, 5.41) is 3.35. The monoisotopic (exact) mass is 457 g/mol. The van der Waals surface area contributed by atoms with Gasteiger partial charge in [0, 0.05) is 35.0 Å². The Morgan fingerprint density at radius 2 is 1.67 bits per heavy atom. The predicted molar refractivity (Wildman–Crippen MR) is 126 cm³/mol. The Hall–Kier alpha value is -2.96. The number of carbonyl (C=O) groups is 2. The first-order valence-electron chi connectivity index (χ1n) is 11.2. The molecule has 1 atom stereocenters. The minimum Gasteiger partial charge on any atom is -0.496 e. The normalized spacial score (nSPS) is 19.8. The highest BCUT2D eigenvalue weighted by Gasteiger charge is 2.44. The van der Waals surface area contributed by atoms with Crippen molar-refractivity contribution in [2.75, 3.05) is 27.9 Å². The lowest BCUT2D eigenvalue weighted by atomic mass is 9.68. The van der Waals surface area contributed by atoms with Crippen LogP contribution in [0.4, 0.5) is 0 Å². The molecular weight excluding hydrogens is 422 g/mol. The maximum Gasteiger partial charge on any atom is 0.336 e. The van der Waals surface area contributed by atoms with Crippen molar-refractivity contribution < 1.29 is 28.5 Å². The molecule has 33 heavy (non-hydrogen) atoms. The lowest BCUT2D eigenvalue weighted by molar-refractivity contribution is -0.140. The lowest BCUT2D eigenvalue weighted by Gasteiger charge is -2.39. The minimum absolute atomic E-state index is 0.0113. The molecule has 7 heteroatoms. The molecule has 0 spiro atoms. The molecule has 1 N–H and O–H groups in total. The summed E-state index contributed by atoms with van der Waals surface area (Å²) < 4.78 is 22.3. The van der Waals surface area contributed by atoms with Crippen molar-refractivity contribution in [2.24, 2.45) is 11.3 Å². The molecule has 7 nitrogen and oxygen atoms in total. The number of nitrogens with one attached hydrogen (secondary N) is 1. The molecular formula is C26H35NO6. The number of rotatable bonds is 7. The topological polar surface area (TPSA) is 83.1 Å². The average Bonchev–Trinajstić information content (AvgIpc) is 2.74. The molecule has 0 saturated carbocycles. The van der Waals surface area contributed by atoms with Crippen molar-refractivity contribution in [2.45, 2.75) is 53.4 Å². The Labute approximate surface area is 196 Å². The molecule has 180 valence electrons. The van der Waals surface area contributed by atoms with Crippen LogP contribution in [0.5, 0.6) is 17.2 Å². The zero-order chi connectivity index (χ0) is 24.5. The van der Waals surface area contributed by atoms with Crippen LogP contribution in [0, 0.1) is 11.3 Å². The summed E-state index contributed by atoms with van der Waals surface area (Å²) in [5.74, 6) is 0.613. The second-order valence-corrected chi connectivity index (χ2v) is 9.87. The second kappa shape index (κ2) is 9.49. The van der Waals surface area contributed by atoms with Gasteiger partial charge >= 0.3 is 5.97 Å². The second-order valence-electron chi connectivity index (χ2n) is 9.87. The van der Waals surface area contributed by atoms with Crippen LogP contribution in [0.25, 0.3) is 0 Å². The van der Waals surface area contributed by atoms with Crippen LogP contribution >= 0.6 is 0 Å². The molecule has 3 rings (SSSR count). The van der Waals surface area contributed by atoms with E-state index in [1.807, 2.05) is 20.8 Å². The quantitative estimate of drug-likeness (QED) is 0.603. The smallest absolute Gasteiger partial charge is 0.336 e. The van der Waals surface area contributed by atoms with Gasteiger partial charge in [-0.1, -0.05) is 27.7 Å². The van der Waals surface area contributed by atoms with E-state index in [1.165, 1.54) is 0 Å². The zero-order valence-electron chi connectivity index (χ0n) is 20.9. The zero-order valence-corrected chi connectivity index (χ0v) is 20.9. The first-order valence-corrected chi connectivity index (χ1v) is 11.2. The van der Waals surface area contributed by atoms with Gasteiger partial charge in [-0.25, -0.2) is 4.79 Å². The van der Waals surface area contributed by atoms with Crippen LogP contribution in [0.2, 0.25) is 0 Å². The van der Waals surface area contributed by atoms with Gasteiger partial charge in [-0.3, -0.25) is 4.79 Å². The first kappa shape index (κ1) is 24.7. The molecule has 2 aliphatic rings. The summed E-state index contributed by atoms with van der Waals surface area (Å²) in [6.45, 7) is 10.3. The van der Waals surface area contributed by atoms with Gasteiger partial charge in [0.25, 0.3) is 0 Å². The summed E-state index contributed by atoms with van der Waals surface area (Å²) in [5.41, 5.74) is 3.00. The van der Waals surface area contributed by atoms with E-state index in [4.69, 9.17) is 18.9 Å². The summed E-state index contributed by atoms with van der Waals surface area (Å²) in [4.78, 5) is 26.8. The molecule has 0 bridgehead atoms. The fourth-order valence-electron chi connectivity index (χ4n) is 4.62. The van der Waals surface area contributed by atoms with Crippen LogP contribution in [0.3, 0.4) is 0 Å². The van der Waals surface area contributed by atoms with Crippen molar-refractivity contribution in [3.05, 3.63) is 40.2 Å². The van der Waals surface area contributed by atoms with E-state index in [0.717, 1.165) is 5.70 Å². The van der Waals surface area contributed by atoms with Crippen LogP contribution in [0.1, 0.15) is 58.9 Å². The van der Waals surface area contributed by atoms with Gasteiger partial charge in [0.1, 0.15) is 5.75 Å². The Kier molecular flexibility index (Phi) is 7.10. The van der Waals surface area contributed by atoms with Crippen molar-refractivity contribution in [3.8, 4) is 17.2 Å². The third-order valence-electron chi connectivity index (χ3n) is 6.05. The van der Waals surface area contributed by atoms with Crippen molar-refractivity contribution in [3.63, 3.8) is 0 Å². The van der Waals surface area contributed by atoms with Gasteiger partial charge in [-0.15, -0.1) is 0 Å². The van der Waals surface area contributed by atoms with E-state index >= 15 is 0 Å². The standard InChI is InChI=1S/C26H35NO6/c1-14(2)13-33-25(29)22-15(3)27-17-11-26(4,5)12-18(28)24(17)23(22)16-9-20(31-7)21(32-8)10-19(16)30-6/h9-10,14,23,27H,11-13H2,1-8H3/t23-/m1/s1. The number of allylic oxidation sites excluding steroid dienone is 3. The molecule has 1 heterocycles. The fourth-order valence-corrected chi connectivity index (χ4v) is 4.62. The van der Waals surface area contributed by atoms with Gasteiger partial charge < -0.3 is 24.3 Å². The number of hydrogen-bond acceptors (Lipinski definition) is 7. The molecule has 1 aliphatic heterocycles. The van der Waals surface area contributed by atoms with Gasteiger partial charge in [0.05, 0.1) is 39.4 Å². The van der Waals surface area contributed by atoms with Crippen molar-refractivity contribution in [1.29, 1.82) is 0 Å². The maximum absolute atomic E-state index is 13.5. The molecule has 0 fully saturated rings. The molecule has 0 saturated heterocycles. The number of ether oxygens (including phenoxy) is 4. The molecule has 1 aliphatic carbocycles. The van der Waals surface area contributed by atoms with Crippen molar-refractivity contribution in [1.82, 2.24) is 5.32 Å². The summed E-state index contributed by atoms with van der Waals surface area (Å²) in [6.07, 6.45) is 1.10. The molecule has 0 amide bonds. The number of dihydropyridines is 1. The molecule has 0 unspecified atom stereocenters. The highest BCUT2D eigenvalue weighted by molar-refractivity contribution is 6.04. The van der Waals surface area contributed by atoms with E-state index in [-0.39, 0.29) is 23.7 Å². The number of ketones is 1. The fraction of sp³-hybridized carbons (Fsp3) is 0.538. The minimum atomic E-state index is -0.640. The van der Waals surface area contributed by atoms with Gasteiger partial charge in [0.15, 0.2) is 17.3 Å². The Balaban J connectivity index is 2.25. The van der Waals surface area contributed by atoms with Crippen LogP contribution < -0.4 is 19.5 Å². The van der Waals surface area contributed by atoms with E-state index in [0.29, 0.717) is 52.5 Å². The van der Waals surface area contributed by atoms with Crippen LogP contribution in [-0.2, 0) is 14.3 Å². The highest BCUT2D eigenvalue weighted by atomic mass is 16.5. The molecule has 1 aromatic rings. The van der Waals surface area contributed by atoms with Gasteiger partial charge in [-0.2, -0.15) is 0 Å². The number of hydrogen-bond donors (Lipinski definition) is 1. The maximum atomic E-state index is 13.5. The summed E-state index contributed by atoms with van der Waals surface area (Å²) in [7, 11) is 4.66. The number of carbonyl (C=O) groups excluding carboxylic acids is 2. The van der Waals surface area contributed by atoms with Crippen LogP contribution in [0.15, 0.2) is 34.7 Å². The first-order chi connectivity index (χ1) is 15.5. The summed E-state index contributed by atoms with van der Waals surface area (Å²) in [6, 6.07) is 3.51. The SMILES string of the molecule is COc1cc(OC)c([C@@H]2C(C(=O)OCC(C)C)=C(C)NC3=C2C(=O)CC(C)(C)C3)cc1OC. The predicted octanol–water partition coefficient (Wildman–Crippen LogP) is 4.52. The largest absolute Gasteiger partial charge is 0.496 e. The third kappa shape index (κ3) is 4.87. The van der Waals surface area contributed by atoms with E-state index < -0.39 is 11.9 Å². The molecule has 1 aromatic carbocycles. The third-order valence-corrected chi connectivity index (χ3v) is 6.05. The average molecular weight is 458 g/mol. The van der Waals surface area contributed by atoms with Crippen molar-refractivity contribution >= 4 is 11.8 Å². The Morgan fingerprint density at radius 1 is 1.06 bits per heavy atom.